The van der Waals surface area contributed by atoms with Crippen LogP contribution in [0, 0.1) is 6.92 Å². The highest BCUT2D eigenvalue weighted by Gasteiger charge is 2.06. The van der Waals surface area contributed by atoms with Crippen molar-refractivity contribution in [3.8, 4) is 10.4 Å². The first-order valence-electron chi connectivity index (χ1n) is 7.01. The highest BCUT2D eigenvalue weighted by Crippen LogP contribution is 2.30. The molecule has 0 spiro atoms. The van der Waals surface area contributed by atoms with Gasteiger partial charge in [0.1, 0.15) is 0 Å². The molecule has 0 amide bonds. The van der Waals surface area contributed by atoms with Gasteiger partial charge in [0.25, 0.3) is 0 Å². The molecule has 2 N–H and O–H groups in total. The zero-order chi connectivity index (χ0) is 14.5. The van der Waals surface area contributed by atoms with Gasteiger partial charge in [0, 0.05) is 22.0 Å². The molecule has 1 heterocycles. The van der Waals surface area contributed by atoms with E-state index < -0.39 is 0 Å². The molecule has 3 rings (SSSR count). The van der Waals surface area contributed by atoms with Gasteiger partial charge in [0.2, 0.25) is 0 Å². The Kier molecular flexibility index (Phi) is 4.34. The third-order valence-corrected chi connectivity index (χ3v) is 4.34. The van der Waals surface area contributed by atoms with Gasteiger partial charge in [-0.15, -0.1) is 11.3 Å². The van der Waals surface area contributed by atoms with Crippen molar-refractivity contribution in [2.75, 3.05) is 5.43 Å². The molecule has 2 aromatic carbocycles. The average Bonchev–Trinajstić information content (AvgIpc) is 2.95. The van der Waals surface area contributed by atoms with Crippen LogP contribution in [0.1, 0.15) is 10.4 Å². The van der Waals surface area contributed by atoms with Crippen LogP contribution >= 0.6 is 11.3 Å². The summed E-state index contributed by atoms with van der Waals surface area (Å²) in [7, 11) is 0. The van der Waals surface area contributed by atoms with Gasteiger partial charge in [0.15, 0.2) is 0 Å². The number of thiophene rings is 1. The van der Waals surface area contributed by atoms with Crippen molar-refractivity contribution in [1.29, 1.82) is 0 Å². The van der Waals surface area contributed by atoms with Crippen LogP contribution in [0.25, 0.3) is 10.4 Å². The summed E-state index contributed by atoms with van der Waals surface area (Å²) in [6.45, 7) is 2.92. The lowest BCUT2D eigenvalue weighted by Gasteiger charge is -2.11. The molecule has 0 atom stereocenters. The lowest BCUT2D eigenvalue weighted by Crippen LogP contribution is -2.21. The van der Waals surface area contributed by atoms with Crippen LogP contribution in [-0.4, -0.2) is 0 Å². The Morgan fingerprint density at radius 3 is 2.38 bits per heavy atom. The minimum atomic E-state index is 0.780. The summed E-state index contributed by atoms with van der Waals surface area (Å²) < 4.78 is 0. The molecule has 0 aliphatic heterocycles. The lowest BCUT2D eigenvalue weighted by molar-refractivity contribution is 0.803. The van der Waals surface area contributed by atoms with Gasteiger partial charge in [-0.1, -0.05) is 42.5 Å². The Bertz CT molecular complexity index is 704. The number of hydrogen-bond acceptors (Lipinski definition) is 3. The van der Waals surface area contributed by atoms with Crippen molar-refractivity contribution in [1.82, 2.24) is 5.43 Å². The molecule has 0 bridgehead atoms. The summed E-state index contributed by atoms with van der Waals surface area (Å²) in [5.74, 6) is 0. The Balaban J connectivity index is 1.71. The maximum absolute atomic E-state index is 3.29. The molecule has 106 valence electrons. The fourth-order valence-electron chi connectivity index (χ4n) is 2.26. The summed E-state index contributed by atoms with van der Waals surface area (Å²) in [4.78, 5) is 2.67. The number of benzene rings is 2. The first-order valence-corrected chi connectivity index (χ1v) is 7.83. The second-order valence-corrected chi connectivity index (χ2v) is 6.20. The van der Waals surface area contributed by atoms with Gasteiger partial charge in [-0.25, -0.2) is 5.43 Å². The summed E-state index contributed by atoms with van der Waals surface area (Å²) >= 11 is 1.84. The zero-order valence-electron chi connectivity index (χ0n) is 12.0. The van der Waals surface area contributed by atoms with Crippen LogP contribution in [0.4, 0.5) is 5.69 Å². The quantitative estimate of drug-likeness (QED) is 0.658. The molecule has 0 unspecified atom stereocenters. The van der Waals surface area contributed by atoms with E-state index in [0.717, 1.165) is 12.2 Å². The monoisotopic (exact) mass is 294 g/mol. The van der Waals surface area contributed by atoms with Crippen LogP contribution in [0.15, 0.2) is 66.7 Å². The van der Waals surface area contributed by atoms with E-state index in [1.165, 1.54) is 20.9 Å². The molecule has 0 radical (unpaired) electrons. The zero-order valence-corrected chi connectivity index (χ0v) is 12.8. The Labute approximate surface area is 129 Å². The van der Waals surface area contributed by atoms with Crippen LogP contribution in [0.2, 0.25) is 0 Å². The number of para-hydroxylation sites is 1. The highest BCUT2D eigenvalue weighted by molar-refractivity contribution is 7.15. The van der Waals surface area contributed by atoms with Crippen molar-refractivity contribution in [3.05, 3.63) is 77.2 Å². The van der Waals surface area contributed by atoms with E-state index in [9.17, 15) is 0 Å². The van der Waals surface area contributed by atoms with E-state index in [1.807, 2.05) is 41.7 Å². The van der Waals surface area contributed by atoms with Gasteiger partial charge in [0.05, 0.1) is 0 Å². The third kappa shape index (κ3) is 3.51. The van der Waals surface area contributed by atoms with Crippen LogP contribution in [0.5, 0.6) is 0 Å². The Morgan fingerprint density at radius 2 is 1.62 bits per heavy atom. The van der Waals surface area contributed by atoms with Crippen molar-refractivity contribution in [2.45, 2.75) is 13.5 Å². The molecule has 2 nitrogen and oxygen atoms in total. The maximum atomic E-state index is 3.29. The topological polar surface area (TPSA) is 24.1 Å². The highest BCUT2D eigenvalue weighted by atomic mass is 32.1. The number of hydrazine groups is 1. The number of aryl methyl sites for hydroxylation is 1. The van der Waals surface area contributed by atoms with Crippen LogP contribution < -0.4 is 10.9 Å². The van der Waals surface area contributed by atoms with Crippen molar-refractivity contribution < 1.29 is 0 Å². The Hall–Kier alpha value is -2.10. The lowest BCUT2D eigenvalue weighted by atomic mass is 10.1. The van der Waals surface area contributed by atoms with Gasteiger partial charge in [-0.05, 0) is 42.3 Å². The van der Waals surface area contributed by atoms with E-state index in [-0.39, 0.29) is 0 Å². The molecule has 0 saturated carbocycles. The van der Waals surface area contributed by atoms with E-state index in [1.54, 1.807) is 0 Å². The van der Waals surface area contributed by atoms with Crippen LogP contribution in [-0.2, 0) is 6.54 Å². The molecule has 0 saturated heterocycles. The molecule has 0 fully saturated rings. The molecular weight excluding hydrogens is 276 g/mol. The van der Waals surface area contributed by atoms with Crippen LogP contribution in [0.3, 0.4) is 0 Å². The maximum Gasteiger partial charge on any atom is 0.0487 e. The number of rotatable bonds is 5. The summed E-state index contributed by atoms with van der Waals surface area (Å²) in [5.41, 5.74) is 10.2. The standard InChI is InChI=1S/C18H18N2S/c1-14-11-12-18(21-14)17-10-6-5-7-15(17)13-19-20-16-8-3-2-4-9-16/h2-12,19-20H,13H2,1H3. The largest absolute Gasteiger partial charge is 0.321 e. The van der Waals surface area contributed by atoms with E-state index in [2.05, 4.69) is 54.2 Å². The smallest absolute Gasteiger partial charge is 0.0487 e. The van der Waals surface area contributed by atoms with Gasteiger partial charge < -0.3 is 5.43 Å². The third-order valence-electron chi connectivity index (χ3n) is 3.31. The Morgan fingerprint density at radius 1 is 0.857 bits per heavy atom. The van der Waals surface area contributed by atoms with Gasteiger partial charge in [-0.3, -0.25) is 0 Å². The summed E-state index contributed by atoms with van der Waals surface area (Å²) in [5, 5.41) is 0. The van der Waals surface area contributed by atoms with Crippen molar-refractivity contribution >= 4 is 17.0 Å². The predicted molar refractivity (Wildman–Crippen MR) is 91.4 cm³/mol. The summed E-state index contributed by atoms with van der Waals surface area (Å²) in [6, 6.07) is 23.0. The predicted octanol–water partition coefficient (Wildman–Crippen LogP) is 4.84. The molecule has 0 aliphatic rings. The second kappa shape index (κ2) is 6.57. The number of nitrogens with one attached hydrogen (secondary N) is 2. The minimum Gasteiger partial charge on any atom is -0.321 e. The molecule has 21 heavy (non-hydrogen) atoms. The van der Waals surface area contributed by atoms with Gasteiger partial charge >= 0.3 is 0 Å². The normalized spacial score (nSPS) is 10.5. The van der Waals surface area contributed by atoms with Crippen molar-refractivity contribution in [2.24, 2.45) is 0 Å². The number of anilines is 1. The SMILES string of the molecule is Cc1ccc(-c2ccccc2CNNc2ccccc2)s1. The molecule has 3 heteroatoms. The molecule has 3 aromatic rings. The summed E-state index contributed by atoms with van der Waals surface area (Å²) in [6.07, 6.45) is 0. The first-order chi connectivity index (χ1) is 10.3. The van der Waals surface area contributed by atoms with E-state index in [0.29, 0.717) is 0 Å². The first kappa shape index (κ1) is 13.9. The second-order valence-electron chi connectivity index (χ2n) is 4.91. The van der Waals surface area contributed by atoms with Gasteiger partial charge in [-0.2, -0.15) is 0 Å². The number of hydrogen-bond donors (Lipinski definition) is 2. The van der Waals surface area contributed by atoms with E-state index >= 15 is 0 Å². The fraction of sp³-hybridized carbons (Fsp3) is 0.111. The minimum absolute atomic E-state index is 0.780. The average molecular weight is 294 g/mol. The molecular formula is C18H18N2S. The molecule has 0 aliphatic carbocycles. The van der Waals surface area contributed by atoms with E-state index in [4.69, 9.17) is 0 Å². The fourth-order valence-corrected chi connectivity index (χ4v) is 3.19. The van der Waals surface area contributed by atoms with Crippen molar-refractivity contribution in [3.63, 3.8) is 0 Å². The molecule has 1 aromatic heterocycles.